The van der Waals surface area contributed by atoms with Gasteiger partial charge in [0.2, 0.25) is 5.91 Å². The van der Waals surface area contributed by atoms with Crippen LogP contribution in [-0.2, 0) is 23.7 Å². The second kappa shape index (κ2) is 65.3. The Kier molecular flexibility index (Phi) is 61.2. The Hall–Kier alpha value is -2.05. The Morgan fingerprint density at radius 1 is 0.368 bits per heavy atom. The van der Waals surface area contributed by atoms with Crippen LogP contribution in [0.3, 0.4) is 0 Å². The Bertz CT molecular complexity index is 1780. The lowest BCUT2D eigenvalue weighted by Crippen LogP contribution is -2.65. The second-order valence-corrected chi connectivity index (χ2v) is 28.5. The first-order valence-corrected chi connectivity index (χ1v) is 40.4. The van der Waals surface area contributed by atoms with E-state index in [4.69, 9.17) is 18.9 Å². The van der Waals surface area contributed by atoms with E-state index in [1.807, 2.05) is 6.08 Å². The van der Waals surface area contributed by atoms with Crippen LogP contribution in [0.25, 0.3) is 0 Å². The number of hydrogen-bond acceptors (Lipinski definition) is 13. The Morgan fingerprint density at radius 3 is 1.03 bits per heavy atom. The summed E-state index contributed by atoms with van der Waals surface area (Å²) in [6.07, 6.45) is 70.7. The van der Waals surface area contributed by atoms with Crippen molar-refractivity contribution in [3.05, 3.63) is 48.6 Å². The van der Waals surface area contributed by atoms with Crippen molar-refractivity contribution >= 4 is 5.91 Å². The van der Waals surface area contributed by atoms with Crippen LogP contribution in [0.15, 0.2) is 48.6 Å². The molecule has 12 atom stereocenters. The van der Waals surface area contributed by atoms with Gasteiger partial charge in [0.25, 0.3) is 0 Å². The fourth-order valence-corrected chi connectivity index (χ4v) is 13.3. The summed E-state index contributed by atoms with van der Waals surface area (Å²) in [7, 11) is 0. The summed E-state index contributed by atoms with van der Waals surface area (Å²) in [5.41, 5.74) is 0. The molecule has 14 nitrogen and oxygen atoms in total. The van der Waals surface area contributed by atoms with Gasteiger partial charge in [0, 0.05) is 6.42 Å². The van der Waals surface area contributed by atoms with E-state index in [-0.39, 0.29) is 18.9 Å². The van der Waals surface area contributed by atoms with Gasteiger partial charge in [0.1, 0.15) is 48.8 Å². The van der Waals surface area contributed by atoms with E-state index < -0.39 is 86.8 Å². The Balaban J connectivity index is 1.60. The topological polar surface area (TPSA) is 228 Å². The molecule has 0 bridgehead atoms. The van der Waals surface area contributed by atoms with Crippen LogP contribution in [0.1, 0.15) is 367 Å². The standard InChI is InChI=1S/C81H151NO13/c1-3-5-7-9-11-13-15-17-19-21-23-25-27-29-30-31-32-33-34-35-36-37-38-39-40-41-43-45-47-49-51-53-55-57-59-61-63-65-73(86)82-69(68-92-80-78(91)76(89)79(72(67-84)94-80)95-81-77(90)75(88)74(87)71(66-83)93-81)70(85)64-62-60-58-56-54-52-50-48-46-44-42-28-26-24-22-20-18-16-14-12-10-8-6-4-2/h21,23,46,48,54,56,62,64,69-72,74-81,83-85,87-91H,3-20,22,24-45,47,49-53,55,57-61,63,65-68H2,1-2H3,(H,82,86)/b23-21-,48-46+,56-54+,64-62+. The Morgan fingerprint density at radius 2 is 0.674 bits per heavy atom. The van der Waals surface area contributed by atoms with Crippen molar-refractivity contribution in [1.29, 1.82) is 0 Å². The number of carbonyl (C=O) groups is 1. The van der Waals surface area contributed by atoms with Crippen LogP contribution in [0.2, 0.25) is 0 Å². The Labute approximate surface area is 582 Å². The number of amides is 1. The van der Waals surface area contributed by atoms with Gasteiger partial charge in [-0.05, 0) is 70.6 Å². The highest BCUT2D eigenvalue weighted by atomic mass is 16.7. The van der Waals surface area contributed by atoms with Crippen LogP contribution in [0, 0.1) is 0 Å². The third-order valence-electron chi connectivity index (χ3n) is 19.7. The summed E-state index contributed by atoms with van der Waals surface area (Å²) in [5.74, 6) is -0.246. The average Bonchev–Trinajstić information content (AvgIpc) is 0.927. The lowest BCUT2D eigenvalue weighted by molar-refractivity contribution is -0.359. The first kappa shape index (κ1) is 89.0. The van der Waals surface area contributed by atoms with E-state index in [0.29, 0.717) is 12.8 Å². The molecule has 558 valence electrons. The summed E-state index contributed by atoms with van der Waals surface area (Å²) >= 11 is 0. The molecule has 95 heavy (non-hydrogen) atoms. The van der Waals surface area contributed by atoms with Gasteiger partial charge in [-0.3, -0.25) is 4.79 Å². The molecule has 2 fully saturated rings. The number of carbonyl (C=O) groups excluding carboxylic acids is 1. The van der Waals surface area contributed by atoms with Crippen molar-refractivity contribution in [3.63, 3.8) is 0 Å². The highest BCUT2D eigenvalue weighted by Gasteiger charge is 2.51. The largest absolute Gasteiger partial charge is 0.394 e. The molecule has 2 saturated heterocycles. The zero-order valence-electron chi connectivity index (χ0n) is 61.2. The van der Waals surface area contributed by atoms with Crippen LogP contribution in [0.4, 0.5) is 0 Å². The van der Waals surface area contributed by atoms with Crippen LogP contribution in [0.5, 0.6) is 0 Å². The molecule has 1 amide bonds. The van der Waals surface area contributed by atoms with Crippen molar-refractivity contribution in [3.8, 4) is 0 Å². The van der Waals surface area contributed by atoms with E-state index in [1.165, 1.54) is 289 Å². The minimum Gasteiger partial charge on any atom is -0.394 e. The number of aliphatic hydroxyl groups excluding tert-OH is 8. The summed E-state index contributed by atoms with van der Waals surface area (Å²) in [6.45, 7) is 2.83. The number of ether oxygens (including phenoxy) is 4. The predicted molar refractivity (Wildman–Crippen MR) is 392 cm³/mol. The summed E-state index contributed by atoms with van der Waals surface area (Å²) in [4.78, 5) is 13.4. The number of aliphatic hydroxyl groups is 8. The molecular weight excluding hydrogens is 1190 g/mol. The van der Waals surface area contributed by atoms with Crippen LogP contribution < -0.4 is 5.32 Å². The van der Waals surface area contributed by atoms with Gasteiger partial charge in [-0.2, -0.15) is 0 Å². The van der Waals surface area contributed by atoms with E-state index in [1.54, 1.807) is 6.08 Å². The first-order valence-electron chi connectivity index (χ1n) is 40.4. The van der Waals surface area contributed by atoms with Gasteiger partial charge in [-0.1, -0.05) is 339 Å². The smallest absolute Gasteiger partial charge is 0.220 e. The zero-order valence-corrected chi connectivity index (χ0v) is 61.2. The molecule has 9 N–H and O–H groups in total. The molecule has 12 unspecified atom stereocenters. The van der Waals surface area contributed by atoms with E-state index in [2.05, 4.69) is 55.6 Å². The van der Waals surface area contributed by atoms with Gasteiger partial charge in [-0.15, -0.1) is 0 Å². The maximum Gasteiger partial charge on any atom is 0.220 e. The summed E-state index contributed by atoms with van der Waals surface area (Å²) in [6, 6.07) is -0.939. The van der Waals surface area contributed by atoms with Crippen LogP contribution in [-0.4, -0.2) is 140 Å². The predicted octanol–water partition coefficient (Wildman–Crippen LogP) is 18.2. The zero-order chi connectivity index (χ0) is 68.7. The minimum atomic E-state index is -1.79. The molecule has 0 aromatic heterocycles. The van der Waals surface area contributed by atoms with Gasteiger partial charge in [-0.25, -0.2) is 0 Å². The van der Waals surface area contributed by atoms with Crippen molar-refractivity contribution in [2.75, 3.05) is 19.8 Å². The molecule has 0 aliphatic carbocycles. The number of unbranched alkanes of at least 4 members (excludes halogenated alkanes) is 49. The van der Waals surface area contributed by atoms with E-state index in [9.17, 15) is 45.6 Å². The molecule has 0 saturated carbocycles. The molecule has 0 spiro atoms. The van der Waals surface area contributed by atoms with Gasteiger partial charge in [0.15, 0.2) is 12.6 Å². The third-order valence-corrected chi connectivity index (χ3v) is 19.7. The number of allylic oxidation sites excluding steroid dienone is 7. The van der Waals surface area contributed by atoms with Crippen LogP contribution >= 0.6 is 0 Å². The monoisotopic (exact) mass is 1350 g/mol. The summed E-state index contributed by atoms with van der Waals surface area (Å²) in [5, 5.41) is 87.6. The average molecular weight is 1350 g/mol. The van der Waals surface area contributed by atoms with Gasteiger partial charge >= 0.3 is 0 Å². The molecule has 0 aromatic carbocycles. The maximum atomic E-state index is 13.4. The molecule has 0 radical (unpaired) electrons. The molecule has 2 heterocycles. The normalized spacial score (nSPS) is 22.5. The number of hydrogen-bond donors (Lipinski definition) is 9. The lowest BCUT2D eigenvalue weighted by atomic mass is 9.97. The quantitative estimate of drug-likeness (QED) is 0.0204. The number of nitrogens with one attached hydrogen (secondary N) is 1. The fraction of sp³-hybridized carbons (Fsp3) is 0.889. The highest BCUT2D eigenvalue weighted by molar-refractivity contribution is 5.76. The maximum absolute atomic E-state index is 13.4. The van der Waals surface area contributed by atoms with E-state index in [0.717, 1.165) is 44.9 Å². The van der Waals surface area contributed by atoms with Crippen molar-refractivity contribution in [2.45, 2.75) is 441 Å². The third kappa shape index (κ3) is 48.4. The van der Waals surface area contributed by atoms with Gasteiger partial charge < -0.3 is 65.1 Å². The second-order valence-electron chi connectivity index (χ2n) is 28.5. The van der Waals surface area contributed by atoms with Crippen molar-refractivity contribution < 1.29 is 64.6 Å². The molecule has 2 aliphatic rings. The fourth-order valence-electron chi connectivity index (χ4n) is 13.3. The molecular formula is C81H151NO13. The highest BCUT2D eigenvalue weighted by Crippen LogP contribution is 2.30. The molecule has 2 aliphatic heterocycles. The van der Waals surface area contributed by atoms with Crippen molar-refractivity contribution in [1.82, 2.24) is 5.32 Å². The first-order chi connectivity index (χ1) is 46.6. The van der Waals surface area contributed by atoms with Crippen molar-refractivity contribution in [2.24, 2.45) is 0 Å². The number of rotatable bonds is 68. The van der Waals surface area contributed by atoms with E-state index >= 15 is 0 Å². The SMILES string of the molecule is CCCCCCCCCC/C=C\CCCCCCCCCCCCCCCCCCCCCCCCCCCC(=O)NC(COC1OC(CO)C(OC2OC(CO)C(O)C(O)C2O)C(O)C1O)C(O)/C=C/CC/C=C/CC/C=C/CCCCCCCCCCCCCCCC. The van der Waals surface area contributed by atoms with Gasteiger partial charge in [0.05, 0.1) is 32.0 Å². The summed E-state index contributed by atoms with van der Waals surface area (Å²) < 4.78 is 22.9. The molecule has 14 heteroatoms. The minimum absolute atomic E-state index is 0.246. The molecule has 0 aromatic rings. The molecule has 2 rings (SSSR count). The lowest BCUT2D eigenvalue weighted by Gasteiger charge is -2.46.